The first-order valence-corrected chi connectivity index (χ1v) is 12.8. The van der Waals surface area contributed by atoms with Crippen molar-refractivity contribution < 1.29 is 28.9 Å². The number of aromatic amines is 1. The van der Waals surface area contributed by atoms with Crippen molar-refractivity contribution in [2.75, 3.05) is 32.9 Å². The van der Waals surface area contributed by atoms with Gasteiger partial charge < -0.3 is 29.6 Å². The van der Waals surface area contributed by atoms with E-state index in [1.807, 2.05) is 42.5 Å². The molecule has 2 atom stereocenters. The fourth-order valence-electron chi connectivity index (χ4n) is 4.55. The number of ether oxygens (including phenoxy) is 3. The van der Waals surface area contributed by atoms with Crippen molar-refractivity contribution in [1.29, 1.82) is 0 Å². The molecule has 1 aliphatic heterocycles. The molecule has 1 aliphatic rings. The number of alkyl carbamates (subject to hydrolysis) is 1. The van der Waals surface area contributed by atoms with Crippen LogP contribution in [-0.4, -0.2) is 66.2 Å². The summed E-state index contributed by atoms with van der Waals surface area (Å²) in [5.41, 5.74) is 3.98. The van der Waals surface area contributed by atoms with E-state index in [9.17, 15) is 14.7 Å². The first-order valence-electron chi connectivity index (χ1n) is 12.5. The number of carbonyl (C=O) groups is 2. The molecule has 0 saturated heterocycles. The molecule has 3 N–H and O–H groups in total. The molecular formula is C27H32ClN3O6. The van der Waals surface area contributed by atoms with Gasteiger partial charge in [0.25, 0.3) is 0 Å². The average molecular weight is 530 g/mol. The molecule has 0 saturated carbocycles. The lowest BCUT2D eigenvalue weighted by molar-refractivity contribution is 0.0932. The number of halogens is 1. The molecular weight excluding hydrogens is 498 g/mol. The molecule has 2 heterocycles. The number of aliphatic hydroxyl groups excluding tert-OH is 1. The van der Waals surface area contributed by atoms with Crippen LogP contribution in [0.1, 0.15) is 43.1 Å². The molecule has 198 valence electrons. The number of amides is 2. The second-order valence-corrected chi connectivity index (χ2v) is 9.15. The zero-order valence-electron chi connectivity index (χ0n) is 21.0. The van der Waals surface area contributed by atoms with Crippen molar-refractivity contribution in [1.82, 2.24) is 15.2 Å². The number of hydrogen-bond donors (Lipinski definition) is 3. The molecule has 2 amide bonds. The number of hydrogen-bond acceptors (Lipinski definition) is 6. The SMILES string of the molecule is CCOC(=O)NCC(O)CCOc1ccc([C@H]2c3[nH]c4ccc(Cl)cc4c3CCN2C(=O)OCC)cc1. The van der Waals surface area contributed by atoms with Crippen LogP contribution in [0.2, 0.25) is 5.02 Å². The average Bonchev–Trinajstić information content (AvgIpc) is 3.25. The largest absolute Gasteiger partial charge is 0.493 e. The first kappa shape index (κ1) is 26.6. The Kier molecular flexibility index (Phi) is 8.78. The maximum absolute atomic E-state index is 12.9. The Morgan fingerprint density at radius 1 is 1.16 bits per heavy atom. The van der Waals surface area contributed by atoms with Crippen LogP contribution < -0.4 is 10.1 Å². The minimum atomic E-state index is -0.752. The monoisotopic (exact) mass is 529 g/mol. The molecule has 2 aromatic carbocycles. The van der Waals surface area contributed by atoms with Crippen LogP contribution in [0.3, 0.4) is 0 Å². The van der Waals surface area contributed by atoms with Gasteiger partial charge in [0.15, 0.2) is 0 Å². The van der Waals surface area contributed by atoms with Crippen molar-refractivity contribution in [3.05, 3.63) is 64.3 Å². The lowest BCUT2D eigenvalue weighted by Gasteiger charge is -2.35. The molecule has 0 spiro atoms. The van der Waals surface area contributed by atoms with Crippen LogP contribution in [0.4, 0.5) is 9.59 Å². The minimum Gasteiger partial charge on any atom is -0.493 e. The summed E-state index contributed by atoms with van der Waals surface area (Å²) in [6.07, 6.45) is -0.633. The summed E-state index contributed by atoms with van der Waals surface area (Å²) in [6, 6.07) is 13.0. The van der Waals surface area contributed by atoms with Gasteiger partial charge in [-0.05, 0) is 61.7 Å². The molecule has 0 radical (unpaired) electrons. The summed E-state index contributed by atoms with van der Waals surface area (Å²) < 4.78 is 15.9. The van der Waals surface area contributed by atoms with Gasteiger partial charge in [0.1, 0.15) is 11.8 Å². The fraction of sp³-hybridized carbons (Fsp3) is 0.407. The van der Waals surface area contributed by atoms with E-state index < -0.39 is 12.2 Å². The van der Waals surface area contributed by atoms with E-state index in [2.05, 4.69) is 10.3 Å². The third kappa shape index (κ3) is 6.29. The van der Waals surface area contributed by atoms with Crippen LogP contribution in [-0.2, 0) is 15.9 Å². The van der Waals surface area contributed by atoms with E-state index in [4.69, 9.17) is 25.8 Å². The summed E-state index contributed by atoms with van der Waals surface area (Å²) >= 11 is 6.26. The zero-order chi connectivity index (χ0) is 26.4. The van der Waals surface area contributed by atoms with Gasteiger partial charge in [0, 0.05) is 41.1 Å². The predicted molar refractivity (Wildman–Crippen MR) is 140 cm³/mol. The molecule has 0 fully saturated rings. The lowest BCUT2D eigenvalue weighted by Crippen LogP contribution is -2.40. The van der Waals surface area contributed by atoms with Gasteiger partial charge in [0.2, 0.25) is 0 Å². The van der Waals surface area contributed by atoms with Crippen LogP contribution >= 0.6 is 11.6 Å². The number of nitrogens with zero attached hydrogens (tertiary/aromatic N) is 1. The number of carbonyl (C=O) groups excluding carboxylic acids is 2. The van der Waals surface area contributed by atoms with Gasteiger partial charge in [-0.15, -0.1) is 0 Å². The van der Waals surface area contributed by atoms with E-state index >= 15 is 0 Å². The number of rotatable bonds is 9. The number of aliphatic hydroxyl groups is 1. The van der Waals surface area contributed by atoms with Crippen molar-refractivity contribution >= 4 is 34.7 Å². The highest BCUT2D eigenvalue weighted by Gasteiger charge is 2.35. The molecule has 10 heteroatoms. The molecule has 1 unspecified atom stereocenters. The molecule has 9 nitrogen and oxygen atoms in total. The van der Waals surface area contributed by atoms with Gasteiger partial charge in [-0.3, -0.25) is 4.90 Å². The van der Waals surface area contributed by atoms with Gasteiger partial charge in [-0.25, -0.2) is 9.59 Å². The van der Waals surface area contributed by atoms with Crippen molar-refractivity contribution in [2.24, 2.45) is 0 Å². The van der Waals surface area contributed by atoms with Gasteiger partial charge in [-0.2, -0.15) is 0 Å². The van der Waals surface area contributed by atoms with Crippen LogP contribution in [0, 0.1) is 0 Å². The second-order valence-electron chi connectivity index (χ2n) is 8.71. The second kappa shape index (κ2) is 12.2. The highest BCUT2D eigenvalue weighted by atomic mass is 35.5. The number of nitrogens with one attached hydrogen (secondary N) is 2. The van der Waals surface area contributed by atoms with Gasteiger partial charge >= 0.3 is 12.2 Å². The third-order valence-corrected chi connectivity index (χ3v) is 6.50. The summed E-state index contributed by atoms with van der Waals surface area (Å²) in [5, 5.41) is 14.3. The summed E-state index contributed by atoms with van der Waals surface area (Å²) in [5.74, 6) is 0.636. The fourth-order valence-corrected chi connectivity index (χ4v) is 4.73. The molecule has 1 aromatic heterocycles. The molecule has 0 bridgehead atoms. The lowest BCUT2D eigenvalue weighted by atomic mass is 9.92. The van der Waals surface area contributed by atoms with Gasteiger partial charge in [-0.1, -0.05) is 23.7 Å². The summed E-state index contributed by atoms with van der Waals surface area (Å²) in [4.78, 5) is 29.4. The Hall–Kier alpha value is -3.43. The minimum absolute atomic E-state index is 0.0878. The Morgan fingerprint density at radius 3 is 2.65 bits per heavy atom. The first-order chi connectivity index (χ1) is 17.9. The number of aromatic nitrogens is 1. The quantitative estimate of drug-likeness (QED) is 0.367. The van der Waals surface area contributed by atoms with E-state index in [1.54, 1.807) is 18.7 Å². The molecule has 3 aromatic rings. The third-order valence-electron chi connectivity index (χ3n) is 6.26. The smallest absolute Gasteiger partial charge is 0.410 e. The van der Waals surface area contributed by atoms with E-state index in [0.29, 0.717) is 36.8 Å². The van der Waals surface area contributed by atoms with E-state index in [-0.39, 0.29) is 31.9 Å². The van der Waals surface area contributed by atoms with E-state index in [1.165, 1.54) is 0 Å². The number of benzene rings is 2. The molecule has 37 heavy (non-hydrogen) atoms. The Balaban J connectivity index is 1.48. The zero-order valence-corrected chi connectivity index (χ0v) is 21.7. The van der Waals surface area contributed by atoms with Crippen molar-refractivity contribution in [3.63, 3.8) is 0 Å². The van der Waals surface area contributed by atoms with Crippen LogP contribution in [0.5, 0.6) is 5.75 Å². The Bertz CT molecular complexity index is 1230. The number of fused-ring (bicyclic) bond motifs is 3. The summed E-state index contributed by atoms with van der Waals surface area (Å²) in [6.45, 7) is 4.96. The molecule has 0 aliphatic carbocycles. The standard InChI is InChI=1S/C27H32ClN3O6/c1-3-35-26(33)29-16-19(32)12-14-37-20-8-5-17(6-9-20)25-24-21(11-13-31(25)27(34)36-4-2)22-15-18(28)7-10-23(22)30-24/h5-10,15,19,25,30,32H,3-4,11-14,16H2,1-2H3,(H,29,33)/t19?,25-/m0/s1. The van der Waals surface area contributed by atoms with Gasteiger partial charge in [0.05, 0.1) is 25.9 Å². The Labute approximate surface area is 220 Å². The normalized spacial score (nSPS) is 15.7. The molecule has 4 rings (SSSR count). The van der Waals surface area contributed by atoms with E-state index in [0.717, 1.165) is 27.7 Å². The van der Waals surface area contributed by atoms with Crippen LogP contribution in [0.15, 0.2) is 42.5 Å². The maximum Gasteiger partial charge on any atom is 0.410 e. The van der Waals surface area contributed by atoms with Crippen molar-refractivity contribution in [2.45, 2.75) is 38.8 Å². The number of H-pyrrole nitrogens is 1. The highest BCUT2D eigenvalue weighted by molar-refractivity contribution is 6.31. The van der Waals surface area contributed by atoms with Crippen LogP contribution in [0.25, 0.3) is 10.9 Å². The summed E-state index contributed by atoms with van der Waals surface area (Å²) in [7, 11) is 0. The topological polar surface area (TPSA) is 113 Å². The maximum atomic E-state index is 12.9. The van der Waals surface area contributed by atoms with Crippen molar-refractivity contribution in [3.8, 4) is 5.75 Å². The predicted octanol–water partition coefficient (Wildman–Crippen LogP) is 4.80. The highest BCUT2D eigenvalue weighted by Crippen LogP contribution is 2.39. The Morgan fingerprint density at radius 2 is 1.92 bits per heavy atom.